The molecule has 3 aromatic carbocycles. The smallest absolute Gasteiger partial charge is 0.240 e. The zero-order chi connectivity index (χ0) is 22.4. The molecule has 0 bridgehead atoms. The molecule has 3 aromatic rings. The zero-order valence-corrected chi connectivity index (χ0v) is 18.7. The highest BCUT2D eigenvalue weighted by Crippen LogP contribution is 2.29. The Morgan fingerprint density at radius 2 is 1.28 bits per heavy atom. The fraction of sp³-hybridized carbons (Fsp3) is 0.269. The summed E-state index contributed by atoms with van der Waals surface area (Å²) in [6, 6.07) is 28.5. The van der Waals surface area contributed by atoms with Gasteiger partial charge in [-0.1, -0.05) is 78.9 Å². The van der Waals surface area contributed by atoms with Crippen LogP contribution < -0.4 is 4.72 Å². The second-order valence-electron chi connectivity index (χ2n) is 8.17. The Morgan fingerprint density at radius 1 is 0.812 bits per heavy atom. The number of carbonyl (C=O) groups is 1. The third kappa shape index (κ3) is 5.44. The number of hydrogen-bond donors (Lipinski definition) is 1. The standard InChI is InChI=1S/C26H28N2O3S/c29-26(20-25(21-10-4-1-5-11-21)22-12-6-2-7-13-22)28-18-16-23(17-19-28)27-32(30,31)24-14-8-3-9-15-24/h1-15,23,25,27H,16-20H2. The minimum atomic E-state index is -3.54. The van der Waals surface area contributed by atoms with Crippen LogP contribution in [0.4, 0.5) is 0 Å². The van der Waals surface area contributed by atoms with Crippen LogP contribution in [-0.2, 0) is 14.8 Å². The van der Waals surface area contributed by atoms with Crippen LogP contribution in [0.3, 0.4) is 0 Å². The number of nitrogens with zero attached hydrogens (tertiary/aromatic N) is 1. The number of rotatable bonds is 7. The van der Waals surface area contributed by atoms with Crippen molar-refractivity contribution in [1.29, 1.82) is 0 Å². The number of amides is 1. The highest BCUT2D eigenvalue weighted by molar-refractivity contribution is 7.89. The van der Waals surface area contributed by atoms with Gasteiger partial charge in [-0.3, -0.25) is 4.79 Å². The monoisotopic (exact) mass is 448 g/mol. The molecule has 5 nitrogen and oxygen atoms in total. The lowest BCUT2D eigenvalue weighted by Gasteiger charge is -2.33. The molecule has 0 aromatic heterocycles. The molecular weight excluding hydrogens is 420 g/mol. The molecule has 6 heteroatoms. The van der Waals surface area contributed by atoms with Crippen LogP contribution >= 0.6 is 0 Å². The average molecular weight is 449 g/mol. The van der Waals surface area contributed by atoms with E-state index in [0.717, 1.165) is 11.1 Å². The maximum Gasteiger partial charge on any atom is 0.240 e. The number of piperidine rings is 1. The Bertz CT molecular complexity index is 1070. The van der Waals surface area contributed by atoms with Gasteiger partial charge in [0, 0.05) is 31.5 Å². The van der Waals surface area contributed by atoms with Crippen molar-refractivity contribution in [3.63, 3.8) is 0 Å². The van der Waals surface area contributed by atoms with Crippen molar-refractivity contribution in [3.05, 3.63) is 102 Å². The van der Waals surface area contributed by atoms with Gasteiger partial charge in [-0.25, -0.2) is 13.1 Å². The number of carbonyl (C=O) groups excluding carboxylic acids is 1. The second kappa shape index (κ2) is 10.1. The second-order valence-corrected chi connectivity index (χ2v) is 9.88. The van der Waals surface area contributed by atoms with Crippen molar-refractivity contribution in [2.75, 3.05) is 13.1 Å². The molecule has 1 aliphatic heterocycles. The Hall–Kier alpha value is -2.96. The summed E-state index contributed by atoms with van der Waals surface area (Å²) in [7, 11) is -3.54. The van der Waals surface area contributed by atoms with Crippen molar-refractivity contribution < 1.29 is 13.2 Å². The van der Waals surface area contributed by atoms with Gasteiger partial charge in [-0.2, -0.15) is 0 Å². The third-order valence-electron chi connectivity index (χ3n) is 6.01. The van der Waals surface area contributed by atoms with E-state index in [1.807, 2.05) is 41.3 Å². The van der Waals surface area contributed by atoms with Gasteiger partial charge < -0.3 is 4.90 Å². The first-order valence-electron chi connectivity index (χ1n) is 11.0. The van der Waals surface area contributed by atoms with E-state index in [1.54, 1.807) is 30.3 Å². The first-order valence-corrected chi connectivity index (χ1v) is 12.5. The Balaban J connectivity index is 1.38. The molecule has 32 heavy (non-hydrogen) atoms. The minimum Gasteiger partial charge on any atom is -0.343 e. The number of hydrogen-bond acceptors (Lipinski definition) is 3. The Kier molecular flexibility index (Phi) is 7.02. The molecule has 166 valence electrons. The summed E-state index contributed by atoms with van der Waals surface area (Å²) in [5.41, 5.74) is 2.25. The molecule has 0 unspecified atom stereocenters. The summed E-state index contributed by atoms with van der Waals surface area (Å²) in [4.78, 5) is 15.3. The lowest BCUT2D eigenvalue weighted by atomic mass is 9.88. The number of sulfonamides is 1. The van der Waals surface area contributed by atoms with E-state index in [1.165, 1.54) is 0 Å². The van der Waals surface area contributed by atoms with Crippen molar-refractivity contribution in [3.8, 4) is 0 Å². The zero-order valence-electron chi connectivity index (χ0n) is 17.9. The fourth-order valence-corrected chi connectivity index (χ4v) is 5.56. The largest absolute Gasteiger partial charge is 0.343 e. The fourth-order valence-electron chi connectivity index (χ4n) is 4.24. The molecule has 0 saturated carbocycles. The summed E-state index contributed by atoms with van der Waals surface area (Å²) >= 11 is 0. The predicted molar refractivity (Wildman–Crippen MR) is 126 cm³/mol. The molecule has 0 atom stereocenters. The summed E-state index contributed by atoms with van der Waals surface area (Å²) in [6.45, 7) is 1.11. The predicted octanol–water partition coefficient (Wildman–Crippen LogP) is 4.18. The Morgan fingerprint density at radius 3 is 1.78 bits per heavy atom. The van der Waals surface area contributed by atoms with Crippen LogP contribution in [0.1, 0.15) is 36.3 Å². The molecule has 0 spiro atoms. The van der Waals surface area contributed by atoms with E-state index in [0.29, 0.717) is 32.4 Å². The van der Waals surface area contributed by atoms with E-state index in [4.69, 9.17) is 0 Å². The van der Waals surface area contributed by atoms with Crippen LogP contribution in [0.5, 0.6) is 0 Å². The van der Waals surface area contributed by atoms with Crippen LogP contribution in [0.2, 0.25) is 0 Å². The maximum atomic E-state index is 13.2. The van der Waals surface area contributed by atoms with Crippen LogP contribution in [-0.4, -0.2) is 38.4 Å². The van der Waals surface area contributed by atoms with E-state index in [9.17, 15) is 13.2 Å². The highest BCUT2D eigenvalue weighted by atomic mass is 32.2. The van der Waals surface area contributed by atoms with Gasteiger partial charge in [0.05, 0.1) is 4.90 Å². The van der Waals surface area contributed by atoms with Crippen LogP contribution in [0.15, 0.2) is 95.9 Å². The molecule has 1 heterocycles. The van der Waals surface area contributed by atoms with Crippen molar-refractivity contribution in [2.45, 2.75) is 36.1 Å². The first kappa shape index (κ1) is 22.2. The van der Waals surface area contributed by atoms with Gasteiger partial charge in [0.1, 0.15) is 0 Å². The average Bonchev–Trinajstić information content (AvgIpc) is 2.84. The normalized spacial score (nSPS) is 15.1. The van der Waals surface area contributed by atoms with Crippen molar-refractivity contribution in [2.24, 2.45) is 0 Å². The topological polar surface area (TPSA) is 66.5 Å². The maximum absolute atomic E-state index is 13.2. The van der Waals surface area contributed by atoms with E-state index in [-0.39, 0.29) is 22.8 Å². The van der Waals surface area contributed by atoms with Gasteiger partial charge in [0.25, 0.3) is 0 Å². The van der Waals surface area contributed by atoms with Gasteiger partial charge in [-0.15, -0.1) is 0 Å². The Labute approximate surface area is 190 Å². The molecular formula is C26H28N2O3S. The number of nitrogens with one attached hydrogen (secondary N) is 1. The van der Waals surface area contributed by atoms with Crippen LogP contribution in [0, 0.1) is 0 Å². The van der Waals surface area contributed by atoms with Crippen molar-refractivity contribution >= 4 is 15.9 Å². The van der Waals surface area contributed by atoms with E-state index in [2.05, 4.69) is 29.0 Å². The lowest BCUT2D eigenvalue weighted by Crippen LogP contribution is -2.46. The molecule has 1 fully saturated rings. The lowest BCUT2D eigenvalue weighted by molar-refractivity contribution is -0.132. The molecule has 1 aliphatic rings. The summed E-state index contributed by atoms with van der Waals surface area (Å²) < 4.78 is 28.0. The highest BCUT2D eigenvalue weighted by Gasteiger charge is 2.28. The third-order valence-corrected chi connectivity index (χ3v) is 7.54. The molecule has 4 rings (SSSR count). The molecule has 0 aliphatic carbocycles. The minimum absolute atomic E-state index is 0.000734. The van der Waals surface area contributed by atoms with Gasteiger partial charge in [-0.05, 0) is 36.1 Å². The first-order chi connectivity index (χ1) is 15.5. The number of likely N-dealkylation sites (tertiary alicyclic amines) is 1. The summed E-state index contributed by atoms with van der Waals surface area (Å²) in [5, 5.41) is 0. The molecule has 0 radical (unpaired) electrons. The van der Waals surface area contributed by atoms with Gasteiger partial charge in [0.15, 0.2) is 0 Å². The quantitative estimate of drug-likeness (QED) is 0.590. The van der Waals surface area contributed by atoms with E-state index < -0.39 is 10.0 Å². The summed E-state index contributed by atoms with van der Waals surface area (Å²) in [6.07, 6.45) is 1.62. The van der Waals surface area contributed by atoms with Gasteiger partial charge >= 0.3 is 0 Å². The summed E-state index contributed by atoms with van der Waals surface area (Å²) in [5.74, 6) is 0.103. The molecule has 1 N–H and O–H groups in total. The van der Waals surface area contributed by atoms with E-state index >= 15 is 0 Å². The van der Waals surface area contributed by atoms with Crippen LogP contribution in [0.25, 0.3) is 0 Å². The van der Waals surface area contributed by atoms with Gasteiger partial charge in [0.2, 0.25) is 15.9 Å². The van der Waals surface area contributed by atoms with Crippen molar-refractivity contribution in [1.82, 2.24) is 9.62 Å². The number of benzene rings is 3. The molecule has 1 saturated heterocycles. The SMILES string of the molecule is O=C(CC(c1ccccc1)c1ccccc1)N1CCC(NS(=O)(=O)c2ccccc2)CC1. The molecule has 1 amide bonds.